The number of benzene rings is 2. The van der Waals surface area contributed by atoms with Crippen LogP contribution in [0.2, 0.25) is 0 Å². The quantitative estimate of drug-likeness (QED) is 0.300. The van der Waals surface area contributed by atoms with Gasteiger partial charge in [0, 0.05) is 41.1 Å². The fourth-order valence-electron chi connectivity index (χ4n) is 5.39. The minimum Gasteiger partial charge on any atom is -0.438 e. The van der Waals surface area contributed by atoms with Crippen molar-refractivity contribution in [3.8, 4) is 22.9 Å². The summed E-state index contributed by atoms with van der Waals surface area (Å²) in [7, 11) is 0. The lowest BCUT2D eigenvalue weighted by atomic mass is 9.69. The number of para-hydroxylation sites is 1. The van der Waals surface area contributed by atoms with Gasteiger partial charge in [-0.05, 0) is 31.2 Å². The Hall–Kier alpha value is -4.25. The van der Waals surface area contributed by atoms with Crippen molar-refractivity contribution in [1.29, 1.82) is 0 Å². The molecule has 210 valence electrons. The molecule has 1 fully saturated rings. The normalized spacial score (nSPS) is 17.4. The smallest absolute Gasteiger partial charge is 0.267 e. The lowest BCUT2D eigenvalue weighted by molar-refractivity contribution is -0.124. The Labute approximate surface area is 239 Å². The number of fused-ring (bicyclic) bond motifs is 2. The monoisotopic (exact) mass is 575 g/mol. The summed E-state index contributed by atoms with van der Waals surface area (Å²) < 4.78 is 33.4. The topological polar surface area (TPSA) is 97.3 Å². The molecule has 2 aromatic carbocycles. The number of aryl methyl sites for hydroxylation is 1. The van der Waals surface area contributed by atoms with Crippen LogP contribution in [-0.2, 0) is 4.79 Å². The number of nitrogens with zero attached hydrogens (tertiary/aromatic N) is 4. The Kier molecular flexibility index (Phi) is 6.56. The standard InChI is InChI=1S/C30H27F2N5O3S/c1-17-35-36-28(41-17)34-27(39)29(2,3)24-20-6-4-5-7-23(20)40-25-21(24)12-13-22(33-25)18-8-10-19(11-9-18)26(38)37-15-14-30(31,32)16-37/h4-13,24H,14-16H2,1-3H3,(H,34,36,39)/t24-/m0/s1. The second-order valence-electron chi connectivity index (χ2n) is 10.9. The van der Waals surface area contributed by atoms with E-state index in [1.54, 1.807) is 24.3 Å². The highest BCUT2D eigenvalue weighted by Crippen LogP contribution is 2.52. The Balaban J connectivity index is 1.30. The Morgan fingerprint density at radius 2 is 1.80 bits per heavy atom. The maximum absolute atomic E-state index is 13.6. The largest absolute Gasteiger partial charge is 0.438 e. The number of pyridine rings is 1. The van der Waals surface area contributed by atoms with E-state index in [1.807, 2.05) is 57.2 Å². The van der Waals surface area contributed by atoms with Gasteiger partial charge in [0.2, 0.25) is 16.9 Å². The average molecular weight is 576 g/mol. The molecule has 2 aromatic heterocycles. The van der Waals surface area contributed by atoms with E-state index < -0.39 is 23.8 Å². The molecule has 6 rings (SSSR count). The first-order valence-corrected chi connectivity index (χ1v) is 14.0. The van der Waals surface area contributed by atoms with E-state index in [-0.39, 0.29) is 24.8 Å². The number of amides is 2. The van der Waals surface area contributed by atoms with E-state index in [1.165, 1.54) is 16.2 Å². The molecule has 41 heavy (non-hydrogen) atoms. The lowest BCUT2D eigenvalue weighted by Crippen LogP contribution is -2.38. The molecule has 1 saturated heterocycles. The molecule has 0 aliphatic carbocycles. The number of alkyl halides is 2. The van der Waals surface area contributed by atoms with Gasteiger partial charge in [-0.15, -0.1) is 10.2 Å². The number of nitrogens with one attached hydrogen (secondary N) is 1. The van der Waals surface area contributed by atoms with Crippen LogP contribution in [0.25, 0.3) is 11.3 Å². The third-order valence-electron chi connectivity index (χ3n) is 7.58. The van der Waals surface area contributed by atoms with Crippen LogP contribution in [0.3, 0.4) is 0 Å². The fourth-order valence-corrected chi connectivity index (χ4v) is 5.97. The maximum atomic E-state index is 13.6. The first kappa shape index (κ1) is 26.9. The maximum Gasteiger partial charge on any atom is 0.267 e. The number of hydrogen-bond acceptors (Lipinski definition) is 7. The molecule has 4 aromatic rings. The van der Waals surface area contributed by atoms with Gasteiger partial charge in [0.05, 0.1) is 17.7 Å². The zero-order chi connectivity index (χ0) is 28.9. The van der Waals surface area contributed by atoms with Crippen molar-refractivity contribution in [3.63, 3.8) is 0 Å². The predicted molar refractivity (Wildman–Crippen MR) is 151 cm³/mol. The van der Waals surface area contributed by atoms with Gasteiger partial charge in [0.25, 0.3) is 11.8 Å². The van der Waals surface area contributed by atoms with Crippen LogP contribution in [0.15, 0.2) is 60.7 Å². The minimum absolute atomic E-state index is 0.0364. The van der Waals surface area contributed by atoms with Crippen molar-refractivity contribution in [3.05, 3.63) is 82.4 Å². The van der Waals surface area contributed by atoms with Gasteiger partial charge in [-0.1, -0.05) is 61.6 Å². The molecule has 2 aliphatic heterocycles. The molecule has 0 unspecified atom stereocenters. The minimum atomic E-state index is -2.84. The molecule has 1 N–H and O–H groups in total. The molecule has 0 saturated carbocycles. The van der Waals surface area contributed by atoms with E-state index >= 15 is 0 Å². The van der Waals surface area contributed by atoms with Crippen LogP contribution in [-0.4, -0.2) is 50.9 Å². The van der Waals surface area contributed by atoms with Crippen LogP contribution >= 0.6 is 11.3 Å². The summed E-state index contributed by atoms with van der Waals surface area (Å²) in [6, 6.07) is 18.1. The number of anilines is 1. The van der Waals surface area contributed by atoms with Crippen molar-refractivity contribution >= 4 is 28.3 Å². The summed E-state index contributed by atoms with van der Waals surface area (Å²) in [5, 5.41) is 12.1. The van der Waals surface area contributed by atoms with Crippen molar-refractivity contribution in [2.24, 2.45) is 5.41 Å². The van der Waals surface area contributed by atoms with Crippen molar-refractivity contribution in [2.75, 3.05) is 18.4 Å². The molecule has 4 heterocycles. The van der Waals surface area contributed by atoms with Gasteiger partial charge in [-0.2, -0.15) is 0 Å². The van der Waals surface area contributed by atoms with Crippen molar-refractivity contribution in [2.45, 2.75) is 39.0 Å². The molecular weight excluding hydrogens is 548 g/mol. The summed E-state index contributed by atoms with van der Waals surface area (Å²) in [6.45, 7) is 5.07. The third-order valence-corrected chi connectivity index (χ3v) is 8.33. The molecule has 11 heteroatoms. The van der Waals surface area contributed by atoms with Gasteiger partial charge in [-0.25, -0.2) is 13.8 Å². The van der Waals surface area contributed by atoms with E-state index in [2.05, 4.69) is 15.5 Å². The Morgan fingerprint density at radius 3 is 2.49 bits per heavy atom. The van der Waals surface area contributed by atoms with Gasteiger partial charge in [0.1, 0.15) is 10.8 Å². The summed E-state index contributed by atoms with van der Waals surface area (Å²) in [4.78, 5) is 32.3. The number of ether oxygens (including phenoxy) is 1. The SMILES string of the molecule is Cc1nnc(NC(=O)C(C)(C)[C@H]2c3ccccc3Oc3nc(-c4ccc(C(=O)N5CCC(F)(F)C5)cc4)ccc32)s1. The second-order valence-corrected chi connectivity index (χ2v) is 12.1. The fraction of sp³-hybridized carbons (Fsp3) is 0.300. The molecule has 2 amide bonds. The molecule has 0 spiro atoms. The predicted octanol–water partition coefficient (Wildman–Crippen LogP) is 6.29. The summed E-state index contributed by atoms with van der Waals surface area (Å²) in [5.74, 6) is -2.83. The number of aromatic nitrogens is 3. The number of halogens is 2. The first-order chi connectivity index (χ1) is 19.5. The van der Waals surface area contributed by atoms with Gasteiger partial charge in [-0.3, -0.25) is 9.59 Å². The summed E-state index contributed by atoms with van der Waals surface area (Å²) >= 11 is 1.31. The third kappa shape index (κ3) is 5.06. The second kappa shape index (κ2) is 9.99. The van der Waals surface area contributed by atoms with Crippen molar-refractivity contribution in [1.82, 2.24) is 20.1 Å². The number of carbonyl (C=O) groups is 2. The van der Waals surface area contributed by atoms with Crippen LogP contribution in [0.5, 0.6) is 11.6 Å². The first-order valence-electron chi connectivity index (χ1n) is 13.2. The zero-order valence-corrected chi connectivity index (χ0v) is 23.5. The molecule has 1 atom stereocenters. The van der Waals surface area contributed by atoms with Gasteiger partial charge >= 0.3 is 0 Å². The van der Waals surface area contributed by atoms with Crippen LogP contribution < -0.4 is 10.1 Å². The molecular formula is C30H27F2N5O3S. The van der Waals surface area contributed by atoms with E-state index in [9.17, 15) is 18.4 Å². The summed E-state index contributed by atoms with van der Waals surface area (Å²) in [5.41, 5.74) is 2.42. The van der Waals surface area contributed by atoms with Gasteiger partial charge < -0.3 is 15.0 Å². The number of hydrogen-bond donors (Lipinski definition) is 1. The Bertz CT molecular complexity index is 1650. The van der Waals surface area contributed by atoms with E-state index in [0.717, 1.165) is 21.7 Å². The van der Waals surface area contributed by atoms with Crippen molar-refractivity contribution < 1.29 is 23.1 Å². The molecule has 0 radical (unpaired) electrons. The molecule has 0 bridgehead atoms. The average Bonchev–Trinajstić information content (AvgIpc) is 3.54. The van der Waals surface area contributed by atoms with Crippen LogP contribution in [0.4, 0.5) is 13.9 Å². The lowest BCUT2D eigenvalue weighted by Gasteiger charge is -2.37. The molecule has 8 nitrogen and oxygen atoms in total. The zero-order valence-electron chi connectivity index (χ0n) is 22.6. The highest BCUT2D eigenvalue weighted by atomic mass is 32.1. The number of carbonyl (C=O) groups excluding carboxylic acids is 2. The van der Waals surface area contributed by atoms with Gasteiger partial charge in [0.15, 0.2) is 0 Å². The van der Waals surface area contributed by atoms with Crippen LogP contribution in [0, 0.1) is 12.3 Å². The van der Waals surface area contributed by atoms with E-state index in [0.29, 0.717) is 28.0 Å². The number of rotatable bonds is 5. The molecule has 2 aliphatic rings. The number of likely N-dealkylation sites (tertiary alicyclic amines) is 1. The van der Waals surface area contributed by atoms with E-state index in [4.69, 9.17) is 9.72 Å². The Morgan fingerprint density at radius 1 is 1.05 bits per heavy atom. The highest BCUT2D eigenvalue weighted by molar-refractivity contribution is 7.15. The highest BCUT2D eigenvalue weighted by Gasteiger charge is 2.44. The van der Waals surface area contributed by atoms with Crippen LogP contribution in [0.1, 0.15) is 52.7 Å². The summed E-state index contributed by atoms with van der Waals surface area (Å²) in [6.07, 6.45) is -0.319.